The van der Waals surface area contributed by atoms with Crippen LogP contribution in [-0.4, -0.2) is 14.3 Å². The van der Waals surface area contributed by atoms with E-state index in [2.05, 4.69) is 10.0 Å². The molecular weight excluding hydrogens is 431 g/mol. The van der Waals surface area contributed by atoms with E-state index >= 15 is 0 Å². The van der Waals surface area contributed by atoms with Crippen LogP contribution in [0.2, 0.25) is 10.0 Å². The Morgan fingerprint density at radius 2 is 1.52 bits per heavy atom. The highest BCUT2D eigenvalue weighted by atomic mass is 35.5. The largest absolute Gasteiger partial charge is 0.352 e. The van der Waals surface area contributed by atoms with E-state index < -0.39 is 10.0 Å². The maximum atomic E-state index is 12.5. The quantitative estimate of drug-likeness (QED) is 0.551. The van der Waals surface area contributed by atoms with Crippen molar-refractivity contribution in [3.05, 3.63) is 94.0 Å². The molecule has 8 heteroatoms. The predicted octanol–water partition coefficient (Wildman–Crippen LogP) is 4.65. The third-order valence-corrected chi connectivity index (χ3v) is 6.22. The fourth-order valence-corrected chi connectivity index (χ4v) is 4.04. The van der Waals surface area contributed by atoms with Crippen LogP contribution >= 0.6 is 23.2 Å². The summed E-state index contributed by atoms with van der Waals surface area (Å²) in [5.41, 5.74) is 2.17. The van der Waals surface area contributed by atoms with Crippen LogP contribution in [0.15, 0.2) is 77.7 Å². The highest BCUT2D eigenvalue weighted by Crippen LogP contribution is 2.26. The van der Waals surface area contributed by atoms with Crippen molar-refractivity contribution in [3.8, 4) is 0 Å². The molecule has 0 saturated heterocycles. The maximum Gasteiger partial charge on any atom is 0.261 e. The molecule has 0 heterocycles. The number of rotatable bonds is 7. The summed E-state index contributed by atoms with van der Waals surface area (Å²) in [5.74, 6) is -0.113. The number of carbonyl (C=O) groups is 1. The van der Waals surface area contributed by atoms with E-state index in [-0.39, 0.29) is 27.3 Å². The SMILES string of the molecule is O=C(Cc1ccc(NS(=O)(=O)c2ccc(Cl)c(Cl)c2)cc1)NCc1ccccc1. The Hall–Kier alpha value is -2.54. The van der Waals surface area contributed by atoms with Gasteiger partial charge < -0.3 is 5.32 Å². The van der Waals surface area contributed by atoms with Crippen LogP contribution in [0.5, 0.6) is 0 Å². The first-order chi connectivity index (χ1) is 13.8. The van der Waals surface area contributed by atoms with Gasteiger partial charge in [-0.15, -0.1) is 0 Å². The average Bonchev–Trinajstić information content (AvgIpc) is 2.70. The van der Waals surface area contributed by atoms with E-state index in [1.54, 1.807) is 24.3 Å². The first-order valence-corrected chi connectivity index (χ1v) is 10.9. The molecule has 0 spiro atoms. The summed E-state index contributed by atoms with van der Waals surface area (Å²) in [7, 11) is -3.80. The first-order valence-electron chi connectivity index (χ1n) is 8.71. The molecule has 0 aromatic heterocycles. The third kappa shape index (κ3) is 5.97. The Labute approximate surface area is 179 Å². The molecule has 3 aromatic carbocycles. The Morgan fingerprint density at radius 1 is 0.828 bits per heavy atom. The van der Waals surface area contributed by atoms with E-state index in [9.17, 15) is 13.2 Å². The molecule has 3 aromatic rings. The van der Waals surface area contributed by atoms with E-state index in [0.717, 1.165) is 11.1 Å². The van der Waals surface area contributed by atoms with Crippen molar-refractivity contribution in [1.29, 1.82) is 0 Å². The summed E-state index contributed by atoms with van der Waals surface area (Å²) in [4.78, 5) is 12.1. The molecule has 0 aliphatic carbocycles. The van der Waals surface area contributed by atoms with Gasteiger partial charge in [-0.1, -0.05) is 65.7 Å². The van der Waals surface area contributed by atoms with E-state index in [4.69, 9.17) is 23.2 Å². The number of carbonyl (C=O) groups excluding carboxylic acids is 1. The minimum Gasteiger partial charge on any atom is -0.352 e. The zero-order chi connectivity index (χ0) is 20.9. The average molecular weight is 449 g/mol. The number of halogens is 2. The Kier molecular flexibility index (Phi) is 6.79. The lowest BCUT2D eigenvalue weighted by molar-refractivity contribution is -0.120. The number of sulfonamides is 1. The van der Waals surface area contributed by atoms with Gasteiger partial charge in [-0.3, -0.25) is 9.52 Å². The van der Waals surface area contributed by atoms with Crippen molar-refractivity contribution < 1.29 is 13.2 Å². The minimum atomic E-state index is -3.80. The van der Waals surface area contributed by atoms with Gasteiger partial charge in [-0.25, -0.2) is 8.42 Å². The zero-order valence-corrected chi connectivity index (χ0v) is 17.6. The predicted molar refractivity (Wildman–Crippen MR) is 116 cm³/mol. The fraction of sp³-hybridized carbons (Fsp3) is 0.0952. The molecule has 0 fully saturated rings. The molecule has 3 rings (SSSR count). The molecule has 1 amide bonds. The van der Waals surface area contributed by atoms with Gasteiger partial charge in [0.1, 0.15) is 0 Å². The van der Waals surface area contributed by atoms with E-state index in [1.807, 2.05) is 30.3 Å². The van der Waals surface area contributed by atoms with Gasteiger partial charge in [0.15, 0.2) is 0 Å². The van der Waals surface area contributed by atoms with Crippen molar-refractivity contribution in [2.75, 3.05) is 4.72 Å². The van der Waals surface area contributed by atoms with Gasteiger partial charge in [-0.2, -0.15) is 0 Å². The van der Waals surface area contributed by atoms with Crippen LogP contribution in [-0.2, 0) is 27.8 Å². The lowest BCUT2D eigenvalue weighted by Gasteiger charge is -2.10. The molecule has 5 nitrogen and oxygen atoms in total. The molecule has 150 valence electrons. The zero-order valence-electron chi connectivity index (χ0n) is 15.2. The normalized spacial score (nSPS) is 11.1. The summed E-state index contributed by atoms with van der Waals surface area (Å²) in [6.45, 7) is 0.460. The number of hydrogen-bond acceptors (Lipinski definition) is 3. The minimum absolute atomic E-state index is 0.0104. The highest BCUT2D eigenvalue weighted by molar-refractivity contribution is 7.92. The molecule has 2 N–H and O–H groups in total. The molecule has 0 bridgehead atoms. The summed E-state index contributed by atoms with van der Waals surface area (Å²) in [5, 5.41) is 3.29. The lowest BCUT2D eigenvalue weighted by Crippen LogP contribution is -2.24. The monoisotopic (exact) mass is 448 g/mol. The molecular formula is C21H18Cl2N2O3S. The number of hydrogen-bond donors (Lipinski definition) is 2. The van der Waals surface area contributed by atoms with Crippen LogP contribution in [0.25, 0.3) is 0 Å². The Balaban J connectivity index is 1.59. The molecule has 0 atom stereocenters. The van der Waals surface area contributed by atoms with Gasteiger partial charge in [0.2, 0.25) is 5.91 Å². The standard InChI is InChI=1S/C21H18Cl2N2O3S/c22-19-11-10-18(13-20(19)23)29(27,28)25-17-8-6-15(7-9-17)12-21(26)24-14-16-4-2-1-3-5-16/h1-11,13,25H,12,14H2,(H,24,26). The summed E-state index contributed by atoms with van der Waals surface area (Å²) in [6.07, 6.45) is 0.201. The van der Waals surface area contributed by atoms with Crippen molar-refractivity contribution in [2.24, 2.45) is 0 Å². The summed E-state index contributed by atoms with van der Waals surface area (Å²) >= 11 is 11.7. The van der Waals surface area contributed by atoms with E-state index in [1.165, 1.54) is 18.2 Å². The van der Waals surface area contributed by atoms with Crippen LogP contribution < -0.4 is 10.0 Å². The molecule has 0 radical (unpaired) electrons. The molecule has 29 heavy (non-hydrogen) atoms. The van der Waals surface area contributed by atoms with Gasteiger partial charge in [0.05, 0.1) is 21.4 Å². The van der Waals surface area contributed by atoms with Gasteiger partial charge in [-0.05, 0) is 41.5 Å². The van der Waals surface area contributed by atoms with Crippen LogP contribution in [0.1, 0.15) is 11.1 Å². The topological polar surface area (TPSA) is 75.3 Å². The van der Waals surface area contributed by atoms with Crippen molar-refractivity contribution >= 4 is 44.8 Å². The van der Waals surface area contributed by atoms with Gasteiger partial charge >= 0.3 is 0 Å². The lowest BCUT2D eigenvalue weighted by atomic mass is 10.1. The van der Waals surface area contributed by atoms with Crippen molar-refractivity contribution in [3.63, 3.8) is 0 Å². The second-order valence-corrected chi connectivity index (χ2v) is 8.81. The number of amides is 1. The van der Waals surface area contributed by atoms with E-state index in [0.29, 0.717) is 12.2 Å². The fourth-order valence-electron chi connectivity index (χ4n) is 2.59. The van der Waals surface area contributed by atoms with Crippen LogP contribution in [0.4, 0.5) is 5.69 Å². The number of benzene rings is 3. The molecule has 0 unspecified atom stereocenters. The number of anilines is 1. The molecule has 0 aliphatic rings. The maximum absolute atomic E-state index is 12.5. The smallest absolute Gasteiger partial charge is 0.261 e. The third-order valence-electron chi connectivity index (χ3n) is 4.10. The second-order valence-electron chi connectivity index (χ2n) is 6.32. The summed E-state index contributed by atoms with van der Waals surface area (Å²) < 4.78 is 27.4. The van der Waals surface area contributed by atoms with Gasteiger partial charge in [0.25, 0.3) is 10.0 Å². The van der Waals surface area contributed by atoms with Crippen LogP contribution in [0.3, 0.4) is 0 Å². The Morgan fingerprint density at radius 3 is 2.17 bits per heavy atom. The van der Waals surface area contributed by atoms with Gasteiger partial charge in [0, 0.05) is 12.2 Å². The first kappa shape index (κ1) is 21.2. The molecule has 0 aliphatic heterocycles. The van der Waals surface area contributed by atoms with Crippen molar-refractivity contribution in [2.45, 2.75) is 17.9 Å². The number of nitrogens with one attached hydrogen (secondary N) is 2. The molecule has 0 saturated carbocycles. The van der Waals surface area contributed by atoms with Crippen LogP contribution in [0, 0.1) is 0 Å². The van der Waals surface area contributed by atoms with Crippen molar-refractivity contribution in [1.82, 2.24) is 5.32 Å². The highest BCUT2D eigenvalue weighted by Gasteiger charge is 2.16. The second kappa shape index (κ2) is 9.31. The summed E-state index contributed by atoms with van der Waals surface area (Å²) in [6, 6.07) is 20.3. The Bertz CT molecular complexity index is 1100.